The van der Waals surface area contributed by atoms with Crippen molar-refractivity contribution in [1.29, 1.82) is 0 Å². The molecule has 0 radical (unpaired) electrons. The molecule has 2 aliphatic rings. The molecule has 0 aromatic heterocycles. The molecule has 2 aliphatic heterocycles. The van der Waals surface area contributed by atoms with Crippen LogP contribution in [0.15, 0.2) is 48.5 Å². The molecule has 0 amide bonds. The van der Waals surface area contributed by atoms with Crippen molar-refractivity contribution in [3.8, 4) is 5.75 Å². The molecule has 0 unspecified atom stereocenters. The van der Waals surface area contributed by atoms with E-state index in [1.54, 1.807) is 0 Å². The van der Waals surface area contributed by atoms with Crippen LogP contribution in [0, 0.1) is 0 Å². The Kier molecular flexibility index (Phi) is 8.36. The molecule has 2 heterocycles. The highest BCUT2D eigenvalue weighted by molar-refractivity contribution is 5.29. The Balaban J connectivity index is 1.14. The molecule has 1 saturated heterocycles. The van der Waals surface area contributed by atoms with E-state index >= 15 is 0 Å². The van der Waals surface area contributed by atoms with Crippen molar-refractivity contribution in [2.45, 2.75) is 44.9 Å². The van der Waals surface area contributed by atoms with Gasteiger partial charge >= 0.3 is 0 Å². The number of hydrogen-bond donors (Lipinski definition) is 2. The number of rotatable bonds is 11. The molecule has 168 valence electrons. The van der Waals surface area contributed by atoms with Crippen LogP contribution in [0.5, 0.6) is 5.75 Å². The average molecular weight is 424 g/mol. The molecule has 4 rings (SSSR count). The zero-order valence-electron chi connectivity index (χ0n) is 18.6. The van der Waals surface area contributed by atoms with Gasteiger partial charge in [0.25, 0.3) is 0 Å². The number of ether oxygens (including phenoxy) is 1. The molecule has 31 heavy (non-hydrogen) atoms. The van der Waals surface area contributed by atoms with E-state index in [1.165, 1.54) is 55.6 Å². The number of aliphatic hydroxyl groups is 1. The van der Waals surface area contributed by atoms with E-state index in [4.69, 9.17) is 4.74 Å². The number of nitrogens with zero attached hydrogens (tertiary/aromatic N) is 2. The zero-order chi connectivity index (χ0) is 21.3. The number of aliphatic hydroxyl groups excluding tert-OH is 1. The summed E-state index contributed by atoms with van der Waals surface area (Å²) in [6, 6.07) is 16.8. The van der Waals surface area contributed by atoms with Crippen molar-refractivity contribution in [3.05, 3.63) is 65.2 Å². The highest BCUT2D eigenvalue weighted by Gasteiger charge is 2.18. The molecular formula is C26H37N3O2. The van der Waals surface area contributed by atoms with Gasteiger partial charge in [-0.1, -0.05) is 36.4 Å². The normalized spacial score (nSPS) is 18.1. The third kappa shape index (κ3) is 7.04. The Hall–Kier alpha value is -1.92. The van der Waals surface area contributed by atoms with Gasteiger partial charge in [-0.3, -0.25) is 4.90 Å². The maximum atomic E-state index is 10.5. The molecule has 5 nitrogen and oxygen atoms in total. The number of nitrogens with one attached hydrogen (secondary N) is 1. The van der Waals surface area contributed by atoms with E-state index in [-0.39, 0.29) is 0 Å². The molecule has 0 saturated carbocycles. The van der Waals surface area contributed by atoms with Gasteiger partial charge in [0.1, 0.15) is 18.5 Å². The third-order valence-corrected chi connectivity index (χ3v) is 6.38. The maximum absolute atomic E-state index is 10.5. The first-order valence-electron chi connectivity index (χ1n) is 11.9. The maximum Gasteiger partial charge on any atom is 0.119 e. The first kappa shape index (κ1) is 22.3. The Labute approximate surface area is 187 Å². The largest absolute Gasteiger partial charge is 0.491 e. The Morgan fingerprint density at radius 3 is 2.68 bits per heavy atom. The Morgan fingerprint density at radius 2 is 1.81 bits per heavy atom. The van der Waals surface area contributed by atoms with E-state index in [0.29, 0.717) is 13.2 Å². The van der Waals surface area contributed by atoms with Gasteiger partial charge in [0, 0.05) is 26.2 Å². The fourth-order valence-corrected chi connectivity index (χ4v) is 4.67. The molecule has 2 N–H and O–H groups in total. The van der Waals surface area contributed by atoms with Gasteiger partial charge in [0.05, 0.1) is 0 Å². The monoisotopic (exact) mass is 423 g/mol. The molecule has 1 atom stereocenters. The summed E-state index contributed by atoms with van der Waals surface area (Å²) in [6.45, 7) is 8.52. The average Bonchev–Trinajstić information content (AvgIpc) is 3.31. The van der Waals surface area contributed by atoms with Gasteiger partial charge in [-0.2, -0.15) is 0 Å². The number of benzene rings is 2. The lowest BCUT2D eigenvalue weighted by molar-refractivity contribution is 0.0637. The SMILES string of the molecule is O[C@@H](COc1cccc(CNCCCN2CCCC2)c1)CN1CCc2ccccc2C1. The van der Waals surface area contributed by atoms with Gasteiger partial charge < -0.3 is 20.1 Å². The van der Waals surface area contributed by atoms with Crippen molar-refractivity contribution in [3.63, 3.8) is 0 Å². The molecule has 0 spiro atoms. The van der Waals surface area contributed by atoms with Gasteiger partial charge in [-0.05, 0) is 80.7 Å². The van der Waals surface area contributed by atoms with Gasteiger partial charge in [-0.15, -0.1) is 0 Å². The van der Waals surface area contributed by atoms with Crippen LogP contribution < -0.4 is 10.1 Å². The van der Waals surface area contributed by atoms with Crippen LogP contribution in [-0.4, -0.2) is 66.9 Å². The van der Waals surface area contributed by atoms with E-state index < -0.39 is 6.10 Å². The van der Waals surface area contributed by atoms with Crippen molar-refractivity contribution < 1.29 is 9.84 Å². The second kappa shape index (κ2) is 11.6. The van der Waals surface area contributed by atoms with Gasteiger partial charge in [-0.25, -0.2) is 0 Å². The molecule has 5 heteroatoms. The Morgan fingerprint density at radius 1 is 0.968 bits per heavy atom. The lowest BCUT2D eigenvalue weighted by Gasteiger charge is -2.30. The number of fused-ring (bicyclic) bond motifs is 1. The van der Waals surface area contributed by atoms with Gasteiger partial charge in [0.2, 0.25) is 0 Å². The standard InChI is InChI=1S/C26H37N3O2/c30-25(20-29-16-11-23-8-1-2-9-24(23)19-29)21-31-26-10-5-7-22(17-26)18-27-12-6-15-28-13-3-4-14-28/h1-2,5,7-10,17,25,27,30H,3-4,6,11-16,18-21H2/t25-/m1/s1. The van der Waals surface area contributed by atoms with E-state index in [1.807, 2.05) is 12.1 Å². The summed E-state index contributed by atoms with van der Waals surface area (Å²) in [5.74, 6) is 0.833. The summed E-state index contributed by atoms with van der Waals surface area (Å²) in [4.78, 5) is 4.88. The minimum absolute atomic E-state index is 0.324. The molecular weight excluding hydrogens is 386 g/mol. The lowest BCUT2D eigenvalue weighted by atomic mass is 10.00. The minimum Gasteiger partial charge on any atom is -0.491 e. The van der Waals surface area contributed by atoms with Crippen LogP contribution in [0.4, 0.5) is 0 Å². The van der Waals surface area contributed by atoms with Crippen molar-refractivity contribution in [2.24, 2.45) is 0 Å². The van der Waals surface area contributed by atoms with Crippen LogP contribution in [-0.2, 0) is 19.5 Å². The number of β-amino-alcohol motifs (C(OH)–C–C–N with tert-alkyl or cyclic N) is 1. The fraction of sp³-hybridized carbons (Fsp3) is 0.538. The summed E-state index contributed by atoms with van der Waals surface area (Å²) in [5.41, 5.74) is 4.04. The van der Waals surface area contributed by atoms with Gasteiger partial charge in [0.15, 0.2) is 0 Å². The van der Waals surface area contributed by atoms with Crippen LogP contribution in [0.1, 0.15) is 36.0 Å². The van der Waals surface area contributed by atoms with Crippen molar-refractivity contribution in [1.82, 2.24) is 15.1 Å². The Bertz CT molecular complexity index is 807. The summed E-state index contributed by atoms with van der Waals surface area (Å²) in [5, 5.41) is 14.0. The van der Waals surface area contributed by atoms with E-state index in [9.17, 15) is 5.11 Å². The van der Waals surface area contributed by atoms with E-state index in [0.717, 1.165) is 38.3 Å². The minimum atomic E-state index is -0.488. The zero-order valence-corrected chi connectivity index (χ0v) is 18.6. The highest BCUT2D eigenvalue weighted by Crippen LogP contribution is 2.19. The van der Waals surface area contributed by atoms with Crippen LogP contribution >= 0.6 is 0 Å². The molecule has 1 fully saturated rings. The second-order valence-electron chi connectivity index (χ2n) is 8.95. The second-order valence-corrected chi connectivity index (χ2v) is 8.95. The summed E-state index contributed by atoms with van der Waals surface area (Å²) in [7, 11) is 0. The fourth-order valence-electron chi connectivity index (χ4n) is 4.67. The van der Waals surface area contributed by atoms with Crippen LogP contribution in [0.25, 0.3) is 0 Å². The molecule has 2 aromatic carbocycles. The summed E-state index contributed by atoms with van der Waals surface area (Å²) >= 11 is 0. The van der Waals surface area contributed by atoms with Crippen molar-refractivity contribution in [2.75, 3.05) is 45.9 Å². The number of hydrogen-bond acceptors (Lipinski definition) is 5. The quantitative estimate of drug-likeness (QED) is 0.544. The predicted octanol–water partition coefficient (Wildman–Crippen LogP) is 3.06. The first-order valence-corrected chi connectivity index (χ1v) is 11.9. The topological polar surface area (TPSA) is 48.0 Å². The highest BCUT2D eigenvalue weighted by atomic mass is 16.5. The summed E-state index contributed by atoms with van der Waals surface area (Å²) in [6.07, 6.45) is 4.49. The molecule has 2 aromatic rings. The van der Waals surface area contributed by atoms with Crippen molar-refractivity contribution >= 4 is 0 Å². The smallest absolute Gasteiger partial charge is 0.119 e. The number of likely N-dealkylation sites (tertiary alicyclic amines) is 1. The third-order valence-electron chi connectivity index (χ3n) is 6.38. The lowest BCUT2D eigenvalue weighted by Crippen LogP contribution is -2.38. The van der Waals surface area contributed by atoms with Crippen LogP contribution in [0.2, 0.25) is 0 Å². The van der Waals surface area contributed by atoms with E-state index in [2.05, 4.69) is 51.5 Å². The molecule has 0 aliphatic carbocycles. The predicted molar refractivity (Wildman–Crippen MR) is 125 cm³/mol. The first-order chi connectivity index (χ1) is 15.3. The summed E-state index contributed by atoms with van der Waals surface area (Å²) < 4.78 is 5.90. The molecule has 0 bridgehead atoms. The van der Waals surface area contributed by atoms with Crippen LogP contribution in [0.3, 0.4) is 0 Å².